The lowest BCUT2D eigenvalue weighted by atomic mass is 10.0. The van der Waals surface area contributed by atoms with E-state index in [1.807, 2.05) is 21.1 Å². The fourth-order valence-corrected chi connectivity index (χ4v) is 8.84. The number of carbonyl (C=O) groups is 3. The number of hydrogen-bond donors (Lipinski definition) is 1. The molecular formula is C58H114NO8+. The van der Waals surface area contributed by atoms with Crippen LogP contribution in [0.5, 0.6) is 0 Å². The summed E-state index contributed by atoms with van der Waals surface area (Å²) in [6.45, 7) is 4.95. The van der Waals surface area contributed by atoms with Gasteiger partial charge in [0.05, 0.1) is 34.4 Å². The molecule has 0 spiro atoms. The molecule has 0 rings (SSSR count). The topological polar surface area (TPSA) is 108 Å². The van der Waals surface area contributed by atoms with Gasteiger partial charge >= 0.3 is 17.9 Å². The fraction of sp³-hybridized carbons (Fsp3) is 0.948. The molecule has 0 aliphatic rings. The Morgan fingerprint density at radius 2 is 0.672 bits per heavy atom. The molecule has 0 bridgehead atoms. The average Bonchev–Trinajstić information content (AvgIpc) is 3.29. The van der Waals surface area contributed by atoms with E-state index < -0.39 is 18.4 Å². The first-order chi connectivity index (χ1) is 32.6. The van der Waals surface area contributed by atoms with Crippen LogP contribution < -0.4 is 0 Å². The molecule has 9 nitrogen and oxygen atoms in total. The molecule has 0 aromatic carbocycles. The second-order valence-corrected chi connectivity index (χ2v) is 21.3. The summed E-state index contributed by atoms with van der Waals surface area (Å²) in [6.07, 6.45) is 53.2. The molecule has 67 heavy (non-hydrogen) atoms. The lowest BCUT2D eigenvalue weighted by Crippen LogP contribution is -2.40. The highest BCUT2D eigenvalue weighted by Gasteiger charge is 2.25. The van der Waals surface area contributed by atoms with Crippen LogP contribution in [0.15, 0.2) is 0 Å². The molecule has 0 aliphatic heterocycles. The van der Waals surface area contributed by atoms with E-state index >= 15 is 0 Å². The van der Waals surface area contributed by atoms with Gasteiger partial charge in [-0.3, -0.25) is 9.59 Å². The van der Waals surface area contributed by atoms with E-state index in [4.69, 9.17) is 18.9 Å². The maximum Gasteiger partial charge on any atom is 0.361 e. The molecule has 2 unspecified atom stereocenters. The predicted molar refractivity (Wildman–Crippen MR) is 282 cm³/mol. The van der Waals surface area contributed by atoms with E-state index in [0.717, 1.165) is 38.5 Å². The van der Waals surface area contributed by atoms with Gasteiger partial charge in [0.2, 0.25) is 0 Å². The van der Waals surface area contributed by atoms with Crippen LogP contribution in [-0.2, 0) is 33.3 Å². The minimum atomic E-state index is -1.50. The van der Waals surface area contributed by atoms with E-state index in [1.54, 1.807) is 0 Å². The smallest absolute Gasteiger partial charge is 0.361 e. The lowest BCUT2D eigenvalue weighted by Gasteiger charge is -2.25. The third kappa shape index (κ3) is 52.0. The molecule has 398 valence electrons. The van der Waals surface area contributed by atoms with Gasteiger partial charge in [-0.25, -0.2) is 4.79 Å². The number of aliphatic carboxylic acids is 1. The number of carboxylic acids is 1. The van der Waals surface area contributed by atoms with Crippen molar-refractivity contribution in [1.82, 2.24) is 0 Å². The number of quaternary nitrogens is 1. The molecule has 0 aromatic heterocycles. The maximum absolute atomic E-state index is 12.9. The summed E-state index contributed by atoms with van der Waals surface area (Å²) < 4.78 is 22.9. The molecule has 0 radical (unpaired) electrons. The van der Waals surface area contributed by atoms with Gasteiger partial charge in [-0.1, -0.05) is 271 Å². The molecule has 9 heteroatoms. The molecule has 0 saturated carbocycles. The Bertz CT molecular complexity index is 1060. The summed E-state index contributed by atoms with van der Waals surface area (Å²) in [5.41, 5.74) is 0. The normalized spacial score (nSPS) is 12.7. The summed E-state index contributed by atoms with van der Waals surface area (Å²) in [4.78, 5) is 37.4. The summed E-state index contributed by atoms with van der Waals surface area (Å²) >= 11 is 0. The third-order valence-electron chi connectivity index (χ3n) is 13.4. The number of esters is 2. The van der Waals surface area contributed by atoms with Crippen LogP contribution in [0, 0.1) is 0 Å². The Balaban J connectivity index is 4.18. The second kappa shape index (κ2) is 50.7. The first kappa shape index (κ1) is 65.3. The Morgan fingerprint density at radius 1 is 0.388 bits per heavy atom. The molecule has 0 aliphatic carbocycles. The first-order valence-electron chi connectivity index (χ1n) is 29.2. The van der Waals surface area contributed by atoms with Crippen LogP contribution in [0.1, 0.15) is 296 Å². The van der Waals surface area contributed by atoms with Crippen LogP contribution in [0.3, 0.4) is 0 Å². The summed E-state index contributed by atoms with van der Waals surface area (Å²) in [6, 6.07) is 0. The number of hydrogen-bond acceptors (Lipinski definition) is 7. The van der Waals surface area contributed by atoms with Crippen LogP contribution in [0.25, 0.3) is 0 Å². The SMILES string of the molecule is CCCCCCCCCCCCCCCCCCCCCCCCCCC(=O)OC(COC(=O)CCCCCCCCCCCCCCCCCCCC)COC(OCC[N+](C)(C)C)C(=O)O. The van der Waals surface area contributed by atoms with Gasteiger partial charge in [-0.2, -0.15) is 0 Å². The highest BCUT2D eigenvalue weighted by molar-refractivity contribution is 5.71. The van der Waals surface area contributed by atoms with Gasteiger partial charge in [0, 0.05) is 12.8 Å². The van der Waals surface area contributed by atoms with Crippen molar-refractivity contribution in [2.45, 2.75) is 309 Å². The van der Waals surface area contributed by atoms with E-state index in [-0.39, 0.29) is 38.2 Å². The number of unbranched alkanes of at least 4 members (excludes halogenated alkanes) is 40. The number of ether oxygens (including phenoxy) is 4. The van der Waals surface area contributed by atoms with Gasteiger partial charge in [-0.15, -0.1) is 0 Å². The Morgan fingerprint density at radius 3 is 0.955 bits per heavy atom. The first-order valence-corrected chi connectivity index (χ1v) is 29.2. The molecule has 1 N–H and O–H groups in total. The minimum absolute atomic E-state index is 0.172. The van der Waals surface area contributed by atoms with Crippen molar-refractivity contribution in [2.24, 2.45) is 0 Å². The summed E-state index contributed by atoms with van der Waals surface area (Å²) in [5.74, 6) is -1.97. The standard InChI is InChI=1S/C58H113NO8/c1-6-8-10-12-14-16-18-20-22-24-26-27-28-29-30-31-33-35-37-39-41-43-45-47-49-56(61)67-54(53-66-58(57(62)63)64-51-50-59(3,4)5)52-65-55(60)48-46-44-42-40-38-36-34-32-25-23-21-19-17-15-13-11-9-7-2/h54,58H,6-53H2,1-5H3/p+1. The quantitative estimate of drug-likeness (QED) is 0.0278. The van der Waals surface area contributed by atoms with Crippen LogP contribution in [0.4, 0.5) is 0 Å². The molecule has 0 heterocycles. The van der Waals surface area contributed by atoms with Crippen molar-refractivity contribution in [3.05, 3.63) is 0 Å². The zero-order valence-corrected chi connectivity index (χ0v) is 45.3. The van der Waals surface area contributed by atoms with Gasteiger partial charge in [0.25, 0.3) is 6.29 Å². The number of carboxylic acid groups (broad SMARTS) is 1. The van der Waals surface area contributed by atoms with Crippen LogP contribution in [-0.4, -0.2) is 87.4 Å². The molecular weight excluding hydrogens is 839 g/mol. The molecule has 0 amide bonds. The van der Waals surface area contributed by atoms with Crippen molar-refractivity contribution >= 4 is 17.9 Å². The number of carbonyl (C=O) groups excluding carboxylic acids is 2. The van der Waals surface area contributed by atoms with Gasteiger partial charge in [0.1, 0.15) is 13.2 Å². The Labute approximate surface area is 415 Å². The number of nitrogens with zero attached hydrogens (tertiary/aromatic N) is 1. The second-order valence-electron chi connectivity index (χ2n) is 21.3. The van der Waals surface area contributed by atoms with Gasteiger partial charge < -0.3 is 28.5 Å². The molecule has 0 saturated heterocycles. The van der Waals surface area contributed by atoms with Gasteiger partial charge in [0.15, 0.2) is 6.10 Å². The van der Waals surface area contributed by atoms with Crippen molar-refractivity contribution in [1.29, 1.82) is 0 Å². The highest BCUT2D eigenvalue weighted by Crippen LogP contribution is 2.18. The monoisotopic (exact) mass is 953 g/mol. The predicted octanol–water partition coefficient (Wildman–Crippen LogP) is 16.8. The Hall–Kier alpha value is -1.71. The zero-order valence-electron chi connectivity index (χ0n) is 45.3. The zero-order chi connectivity index (χ0) is 49.2. The third-order valence-corrected chi connectivity index (χ3v) is 13.4. The lowest BCUT2D eigenvalue weighted by molar-refractivity contribution is -0.870. The van der Waals surface area contributed by atoms with E-state index in [1.165, 1.54) is 231 Å². The largest absolute Gasteiger partial charge is 0.477 e. The van der Waals surface area contributed by atoms with Crippen LogP contribution in [0.2, 0.25) is 0 Å². The van der Waals surface area contributed by atoms with Crippen LogP contribution >= 0.6 is 0 Å². The number of likely N-dealkylation sites (N-methyl/N-ethyl adjacent to an activating group) is 1. The van der Waals surface area contributed by atoms with E-state index in [2.05, 4.69) is 13.8 Å². The van der Waals surface area contributed by atoms with Crippen molar-refractivity contribution in [3.63, 3.8) is 0 Å². The van der Waals surface area contributed by atoms with Gasteiger partial charge in [-0.05, 0) is 12.8 Å². The Kier molecular flexibility index (Phi) is 49.4. The average molecular weight is 954 g/mol. The molecule has 2 atom stereocenters. The molecule has 0 aromatic rings. The fourth-order valence-electron chi connectivity index (χ4n) is 8.84. The maximum atomic E-state index is 12.9. The van der Waals surface area contributed by atoms with Crippen molar-refractivity contribution in [2.75, 3.05) is 47.5 Å². The number of rotatable bonds is 55. The van der Waals surface area contributed by atoms with E-state index in [9.17, 15) is 19.5 Å². The highest BCUT2D eigenvalue weighted by atomic mass is 16.7. The van der Waals surface area contributed by atoms with Crippen molar-refractivity contribution < 1.29 is 42.9 Å². The summed E-state index contributed by atoms with van der Waals surface area (Å²) in [7, 11) is 5.98. The minimum Gasteiger partial charge on any atom is -0.477 e. The van der Waals surface area contributed by atoms with Crippen molar-refractivity contribution in [3.8, 4) is 0 Å². The molecule has 0 fully saturated rings. The van der Waals surface area contributed by atoms with E-state index in [0.29, 0.717) is 17.4 Å². The summed E-state index contributed by atoms with van der Waals surface area (Å²) in [5, 5.41) is 9.70.